The van der Waals surface area contributed by atoms with Crippen molar-refractivity contribution in [3.63, 3.8) is 0 Å². The number of cyclic esters (lactones) is 1. The first-order valence-corrected chi connectivity index (χ1v) is 3.84. The second kappa shape index (κ2) is 4.28. The molecule has 0 saturated heterocycles. The number of hydrogen-bond acceptors (Lipinski definition) is 6. The molecule has 0 saturated carbocycles. The Kier molecular flexibility index (Phi) is 3.08. The molecule has 0 N–H and O–H groups in total. The van der Waals surface area contributed by atoms with E-state index < -0.39 is 17.5 Å². The lowest BCUT2D eigenvalue weighted by Gasteiger charge is -2.04. The summed E-state index contributed by atoms with van der Waals surface area (Å²) in [7, 11) is 2.41. The molecule has 0 aromatic heterocycles. The second-order valence-electron chi connectivity index (χ2n) is 2.44. The van der Waals surface area contributed by atoms with E-state index in [0.29, 0.717) is 0 Å². The van der Waals surface area contributed by atoms with Crippen LogP contribution in [0.25, 0.3) is 0 Å². The van der Waals surface area contributed by atoms with Gasteiger partial charge in [-0.15, -0.1) is 0 Å². The predicted octanol–water partition coefficient (Wildman–Crippen LogP) is 0.0242. The summed E-state index contributed by atoms with van der Waals surface area (Å²) in [5.74, 6) is -1.76. The summed E-state index contributed by atoms with van der Waals surface area (Å²) in [6.45, 7) is 0. The predicted molar refractivity (Wildman–Crippen MR) is 45.8 cm³/mol. The molecule has 1 heterocycles. The number of ether oxygens (including phenoxy) is 3. The zero-order valence-electron chi connectivity index (χ0n) is 8.07. The van der Waals surface area contributed by atoms with Crippen LogP contribution >= 0.6 is 0 Å². The molecule has 0 bridgehead atoms. The minimum atomic E-state index is -0.884. The first kappa shape index (κ1) is 10.8. The molecule has 6 nitrogen and oxygen atoms in total. The second-order valence-corrected chi connectivity index (χ2v) is 2.44. The van der Waals surface area contributed by atoms with Crippen molar-refractivity contribution < 1.29 is 23.8 Å². The van der Waals surface area contributed by atoms with Crippen LogP contribution in [0, 0.1) is 11.3 Å². The fourth-order valence-electron chi connectivity index (χ4n) is 0.970. The van der Waals surface area contributed by atoms with Gasteiger partial charge in [0.25, 0.3) is 0 Å². The Hall–Kier alpha value is -2.29. The Bertz CT molecular complexity index is 413. The number of carbonyl (C=O) groups is 2. The lowest BCUT2D eigenvalue weighted by Crippen LogP contribution is -2.08. The summed E-state index contributed by atoms with van der Waals surface area (Å²) < 4.78 is 13.8. The molecule has 0 amide bonds. The number of nitrogens with zero attached hydrogens (tertiary/aromatic N) is 1. The van der Waals surface area contributed by atoms with Crippen LogP contribution in [0.1, 0.15) is 0 Å². The minimum absolute atomic E-state index is 0.0296. The fraction of sp³-hybridized carbons (Fsp3) is 0.222. The van der Waals surface area contributed by atoms with Crippen LogP contribution in [0.15, 0.2) is 23.2 Å². The minimum Gasteiger partial charge on any atom is -0.493 e. The highest BCUT2D eigenvalue weighted by molar-refractivity contribution is 5.97. The van der Waals surface area contributed by atoms with E-state index >= 15 is 0 Å². The monoisotopic (exact) mass is 209 g/mol. The summed E-state index contributed by atoms with van der Waals surface area (Å²) in [4.78, 5) is 22.0. The van der Waals surface area contributed by atoms with Crippen LogP contribution in [-0.2, 0) is 23.8 Å². The molecule has 0 atom stereocenters. The highest BCUT2D eigenvalue weighted by atomic mass is 16.6. The van der Waals surface area contributed by atoms with E-state index in [1.54, 1.807) is 6.07 Å². The third-order valence-electron chi connectivity index (χ3n) is 1.62. The highest BCUT2D eigenvalue weighted by Crippen LogP contribution is 2.23. The number of esters is 2. The van der Waals surface area contributed by atoms with Crippen LogP contribution < -0.4 is 0 Å². The van der Waals surface area contributed by atoms with Crippen LogP contribution in [0.3, 0.4) is 0 Å². The van der Waals surface area contributed by atoms with Gasteiger partial charge in [0.2, 0.25) is 0 Å². The number of nitriles is 1. The van der Waals surface area contributed by atoms with Crippen molar-refractivity contribution in [1.82, 2.24) is 0 Å². The van der Waals surface area contributed by atoms with Crippen molar-refractivity contribution in [3.05, 3.63) is 23.2 Å². The zero-order valence-corrected chi connectivity index (χ0v) is 8.07. The Morgan fingerprint density at radius 1 is 1.53 bits per heavy atom. The quantitative estimate of drug-likeness (QED) is 0.362. The van der Waals surface area contributed by atoms with E-state index in [-0.39, 0.29) is 11.5 Å². The summed E-state index contributed by atoms with van der Waals surface area (Å²) in [5.41, 5.74) is -0.406. The van der Waals surface area contributed by atoms with Gasteiger partial charge in [-0.1, -0.05) is 0 Å². The molecule has 78 valence electrons. The molecule has 1 aliphatic heterocycles. The van der Waals surface area contributed by atoms with E-state index in [4.69, 9.17) is 10.00 Å². The van der Waals surface area contributed by atoms with Crippen LogP contribution in [0.5, 0.6) is 0 Å². The normalized spacial score (nSPS) is 17.4. The SMILES string of the molecule is COC(=O)/C(C#N)=C1/OC(=O)C=C1OC. The summed E-state index contributed by atoms with van der Waals surface area (Å²) in [6, 6.07) is 1.59. The van der Waals surface area contributed by atoms with Crippen LogP contribution in [-0.4, -0.2) is 26.2 Å². The zero-order chi connectivity index (χ0) is 11.4. The first-order chi connectivity index (χ1) is 7.13. The lowest BCUT2D eigenvalue weighted by atomic mass is 10.2. The largest absolute Gasteiger partial charge is 0.493 e. The van der Waals surface area contributed by atoms with Crippen LogP contribution in [0.4, 0.5) is 0 Å². The van der Waals surface area contributed by atoms with E-state index in [9.17, 15) is 9.59 Å². The van der Waals surface area contributed by atoms with Crippen molar-refractivity contribution in [2.75, 3.05) is 14.2 Å². The molecule has 6 heteroatoms. The lowest BCUT2D eigenvalue weighted by molar-refractivity contribution is -0.136. The van der Waals surface area contributed by atoms with Crippen molar-refractivity contribution >= 4 is 11.9 Å². The average molecular weight is 209 g/mol. The van der Waals surface area contributed by atoms with Gasteiger partial charge in [0, 0.05) is 0 Å². The van der Waals surface area contributed by atoms with Crippen molar-refractivity contribution in [1.29, 1.82) is 5.26 Å². The number of hydrogen-bond donors (Lipinski definition) is 0. The van der Waals surface area contributed by atoms with E-state index in [0.717, 1.165) is 13.2 Å². The van der Waals surface area contributed by atoms with Crippen molar-refractivity contribution in [3.8, 4) is 6.07 Å². The standard InChI is InChI=1S/C9H7NO5/c1-13-6-3-7(11)15-8(6)5(4-10)9(12)14-2/h3H,1-2H3/b8-5+. The average Bonchev–Trinajstić information content (AvgIpc) is 2.60. The molecule has 0 radical (unpaired) electrons. The molecule has 0 aromatic carbocycles. The van der Waals surface area contributed by atoms with Gasteiger partial charge in [-0.3, -0.25) is 0 Å². The summed E-state index contributed by atoms with van der Waals surface area (Å²) >= 11 is 0. The van der Waals surface area contributed by atoms with E-state index in [1.165, 1.54) is 7.11 Å². The van der Waals surface area contributed by atoms with Gasteiger partial charge in [-0.05, 0) is 0 Å². The smallest absolute Gasteiger partial charge is 0.352 e. The van der Waals surface area contributed by atoms with Gasteiger partial charge in [0.05, 0.1) is 20.3 Å². The molecule has 0 aliphatic carbocycles. The molecular formula is C9H7NO5. The first-order valence-electron chi connectivity index (χ1n) is 3.84. The third kappa shape index (κ3) is 1.96. The Morgan fingerprint density at radius 2 is 2.20 bits per heavy atom. The number of methoxy groups -OCH3 is 2. The van der Waals surface area contributed by atoms with Gasteiger partial charge in [0.1, 0.15) is 6.07 Å². The Morgan fingerprint density at radius 3 is 2.67 bits per heavy atom. The molecule has 0 spiro atoms. The van der Waals surface area contributed by atoms with Crippen molar-refractivity contribution in [2.24, 2.45) is 0 Å². The summed E-state index contributed by atoms with van der Waals surface area (Å²) in [6.07, 6.45) is 1.04. The molecular weight excluding hydrogens is 202 g/mol. The topological polar surface area (TPSA) is 85.6 Å². The number of carbonyl (C=O) groups excluding carboxylic acids is 2. The fourth-order valence-corrected chi connectivity index (χ4v) is 0.970. The molecule has 1 aliphatic rings. The maximum absolute atomic E-state index is 11.1. The Balaban J connectivity index is 3.20. The Labute approximate surface area is 85.3 Å². The van der Waals surface area contributed by atoms with E-state index in [1.807, 2.05) is 0 Å². The van der Waals surface area contributed by atoms with Crippen LogP contribution in [0.2, 0.25) is 0 Å². The molecule has 0 fully saturated rings. The van der Waals surface area contributed by atoms with E-state index in [2.05, 4.69) is 9.47 Å². The van der Waals surface area contributed by atoms with Gasteiger partial charge in [-0.2, -0.15) is 5.26 Å². The van der Waals surface area contributed by atoms with Gasteiger partial charge >= 0.3 is 11.9 Å². The molecule has 15 heavy (non-hydrogen) atoms. The highest BCUT2D eigenvalue weighted by Gasteiger charge is 2.29. The maximum Gasteiger partial charge on any atom is 0.352 e. The molecule has 0 aromatic rings. The van der Waals surface area contributed by atoms with Crippen molar-refractivity contribution in [2.45, 2.75) is 0 Å². The number of rotatable bonds is 2. The molecule has 1 rings (SSSR count). The third-order valence-corrected chi connectivity index (χ3v) is 1.62. The maximum atomic E-state index is 11.1. The molecule has 0 unspecified atom stereocenters. The summed E-state index contributed by atoms with van der Waals surface area (Å²) in [5, 5.41) is 8.70. The van der Waals surface area contributed by atoms with Gasteiger partial charge in [0.15, 0.2) is 17.1 Å². The van der Waals surface area contributed by atoms with Gasteiger partial charge < -0.3 is 14.2 Å². The van der Waals surface area contributed by atoms with Gasteiger partial charge in [-0.25, -0.2) is 9.59 Å².